The molecule has 0 atom stereocenters. The van der Waals surface area contributed by atoms with Crippen molar-refractivity contribution in [1.29, 1.82) is 0 Å². The standard InChI is InChI=1S/C7H16N4O6/c1-4-17-6-7(5-12,10(13)8-15-2)11(14)9-16-3/h12H,4-6H2,1-3H3/b10-8-,11-9-. The number of hydroxylamine groups is 2. The van der Waals surface area contributed by atoms with Crippen LogP contribution in [0.2, 0.25) is 0 Å². The van der Waals surface area contributed by atoms with Crippen molar-refractivity contribution in [2.24, 2.45) is 10.6 Å². The first-order valence-corrected chi connectivity index (χ1v) is 4.70. The second kappa shape index (κ2) is 7.57. The Kier molecular flexibility index (Phi) is 6.82. The summed E-state index contributed by atoms with van der Waals surface area (Å²) in [6.45, 7) is 0.600. The molecule has 17 heavy (non-hydrogen) atoms. The summed E-state index contributed by atoms with van der Waals surface area (Å²) in [5, 5.41) is 38.3. The van der Waals surface area contributed by atoms with E-state index in [4.69, 9.17) is 4.74 Å². The van der Waals surface area contributed by atoms with Crippen LogP contribution in [0.3, 0.4) is 0 Å². The second-order valence-electron chi connectivity index (χ2n) is 2.85. The van der Waals surface area contributed by atoms with Gasteiger partial charge in [0.15, 0.2) is 13.2 Å². The maximum absolute atomic E-state index is 11.5. The summed E-state index contributed by atoms with van der Waals surface area (Å²) in [6, 6.07) is 0. The molecule has 0 rings (SSSR count). The molecule has 0 saturated heterocycles. The van der Waals surface area contributed by atoms with Crippen molar-refractivity contribution in [2.45, 2.75) is 12.6 Å². The van der Waals surface area contributed by atoms with Crippen molar-refractivity contribution < 1.29 is 29.2 Å². The zero-order valence-electron chi connectivity index (χ0n) is 9.90. The van der Waals surface area contributed by atoms with E-state index >= 15 is 0 Å². The van der Waals surface area contributed by atoms with Crippen LogP contribution in [0, 0.1) is 10.4 Å². The molecule has 0 fully saturated rings. The quantitative estimate of drug-likeness (QED) is 0.275. The number of aliphatic hydroxyl groups excluding tert-OH is 1. The Labute approximate surface area is 97.8 Å². The van der Waals surface area contributed by atoms with Gasteiger partial charge in [0, 0.05) is 16.3 Å². The van der Waals surface area contributed by atoms with Gasteiger partial charge >= 0.3 is 5.66 Å². The Bertz CT molecular complexity index is 262. The highest BCUT2D eigenvalue weighted by molar-refractivity contribution is 4.63. The van der Waals surface area contributed by atoms with E-state index in [1.165, 1.54) is 0 Å². The van der Waals surface area contributed by atoms with Crippen molar-refractivity contribution >= 4 is 0 Å². The maximum Gasteiger partial charge on any atom is 0.469 e. The fourth-order valence-corrected chi connectivity index (χ4v) is 0.916. The lowest BCUT2D eigenvalue weighted by atomic mass is 10.2. The molecule has 0 aromatic rings. The summed E-state index contributed by atoms with van der Waals surface area (Å²) in [4.78, 5) is 8.23. The zero-order valence-corrected chi connectivity index (χ0v) is 9.90. The van der Waals surface area contributed by atoms with Gasteiger partial charge in [0.25, 0.3) is 0 Å². The van der Waals surface area contributed by atoms with E-state index in [-0.39, 0.29) is 16.3 Å². The van der Waals surface area contributed by atoms with Gasteiger partial charge in [0.05, 0.1) is 0 Å². The van der Waals surface area contributed by atoms with Crippen LogP contribution in [-0.4, -0.2) is 54.5 Å². The molecule has 0 amide bonds. The SMILES string of the molecule is CCOCC(CO)(/[N+]([O-])=N/OC)/[N+]([O-])=N/OC. The van der Waals surface area contributed by atoms with E-state index < -0.39 is 18.9 Å². The summed E-state index contributed by atoms with van der Waals surface area (Å²) < 4.78 is 4.95. The number of rotatable bonds is 8. The van der Waals surface area contributed by atoms with Gasteiger partial charge in [0.2, 0.25) is 10.6 Å². The van der Waals surface area contributed by atoms with Crippen LogP contribution in [0.25, 0.3) is 0 Å². The number of ether oxygens (including phenoxy) is 1. The van der Waals surface area contributed by atoms with Gasteiger partial charge in [-0.05, 0) is 6.92 Å². The predicted molar refractivity (Wildman–Crippen MR) is 52.4 cm³/mol. The normalized spacial score (nSPS) is 13.6. The molecule has 0 aromatic heterocycles. The van der Waals surface area contributed by atoms with E-state index in [9.17, 15) is 15.5 Å². The van der Waals surface area contributed by atoms with Gasteiger partial charge in [0.1, 0.15) is 14.2 Å². The minimum absolute atomic E-state index is 0.127. The smallest absolute Gasteiger partial charge is 0.469 e. The lowest BCUT2D eigenvalue weighted by Gasteiger charge is -2.21. The first kappa shape index (κ1) is 15.3. The zero-order chi connectivity index (χ0) is 13.3. The molecule has 0 aromatic carbocycles. The van der Waals surface area contributed by atoms with Crippen LogP contribution in [0.5, 0.6) is 0 Å². The third kappa shape index (κ3) is 3.67. The molecule has 10 nitrogen and oxygen atoms in total. The minimum atomic E-state index is -2.08. The fraction of sp³-hybridized carbons (Fsp3) is 1.00. The molecule has 1 N–H and O–H groups in total. The molecule has 0 aliphatic rings. The van der Waals surface area contributed by atoms with E-state index in [1.807, 2.05) is 0 Å². The van der Waals surface area contributed by atoms with Crippen molar-refractivity contribution in [3.63, 3.8) is 0 Å². The van der Waals surface area contributed by atoms with E-state index in [2.05, 4.69) is 20.2 Å². The average Bonchev–Trinajstić information content (AvgIpc) is 2.31. The highest BCUT2D eigenvalue weighted by atomic mass is 16.7. The Balaban J connectivity index is 5.28. The summed E-state index contributed by atoms with van der Waals surface area (Å²) in [6.07, 6.45) is 0. The summed E-state index contributed by atoms with van der Waals surface area (Å²) in [7, 11) is 2.24. The lowest BCUT2D eigenvalue weighted by molar-refractivity contribution is -0.849. The van der Waals surface area contributed by atoms with Crippen LogP contribution in [-0.2, 0) is 14.4 Å². The number of nitrogens with zero attached hydrogens (tertiary/aromatic N) is 4. The van der Waals surface area contributed by atoms with Gasteiger partial charge in [-0.3, -0.25) is 0 Å². The van der Waals surface area contributed by atoms with Gasteiger partial charge in [-0.2, -0.15) is 0 Å². The largest absolute Gasteiger partial charge is 0.592 e. The molecule has 0 unspecified atom stereocenters. The van der Waals surface area contributed by atoms with Gasteiger partial charge in [-0.1, -0.05) is 0 Å². The van der Waals surface area contributed by atoms with Crippen molar-refractivity contribution in [3.05, 3.63) is 10.4 Å². The maximum atomic E-state index is 11.5. The van der Waals surface area contributed by atoms with Gasteiger partial charge < -0.3 is 29.9 Å². The van der Waals surface area contributed by atoms with E-state index in [0.29, 0.717) is 0 Å². The first-order valence-electron chi connectivity index (χ1n) is 4.70. The minimum Gasteiger partial charge on any atom is -0.592 e. The van der Waals surface area contributed by atoms with Crippen molar-refractivity contribution in [1.82, 2.24) is 0 Å². The van der Waals surface area contributed by atoms with E-state index in [1.54, 1.807) is 6.92 Å². The Morgan fingerprint density at radius 3 is 1.94 bits per heavy atom. The third-order valence-electron chi connectivity index (χ3n) is 1.81. The number of aliphatic hydroxyl groups is 1. The van der Waals surface area contributed by atoms with Gasteiger partial charge in [-0.25, -0.2) is 0 Å². The number of hydrogen-bond donors (Lipinski definition) is 1. The van der Waals surface area contributed by atoms with Crippen LogP contribution in [0.1, 0.15) is 6.92 Å². The monoisotopic (exact) mass is 252 g/mol. The molecule has 0 radical (unpaired) electrons. The molecule has 0 saturated carbocycles. The Hall–Kier alpha value is -1.68. The fourth-order valence-electron chi connectivity index (χ4n) is 0.916. The van der Waals surface area contributed by atoms with Crippen LogP contribution < -0.4 is 0 Å². The van der Waals surface area contributed by atoms with E-state index in [0.717, 1.165) is 14.2 Å². The predicted octanol–water partition coefficient (Wildman–Crippen LogP) is -0.241. The Morgan fingerprint density at radius 2 is 1.65 bits per heavy atom. The van der Waals surface area contributed by atoms with Crippen LogP contribution in [0.4, 0.5) is 0 Å². The topological polar surface area (TPSA) is 125 Å². The first-order chi connectivity index (χ1) is 8.08. The molecule has 0 aliphatic carbocycles. The highest BCUT2D eigenvalue weighted by Gasteiger charge is 2.53. The highest BCUT2D eigenvalue weighted by Crippen LogP contribution is 2.14. The molecular formula is C7H16N4O6. The molecule has 0 spiro atoms. The summed E-state index contributed by atoms with van der Waals surface area (Å²) >= 11 is 0. The lowest BCUT2D eigenvalue weighted by Crippen LogP contribution is -2.54. The molecular weight excluding hydrogens is 236 g/mol. The summed E-state index contributed by atoms with van der Waals surface area (Å²) in [5.74, 6) is 0. The Morgan fingerprint density at radius 1 is 1.18 bits per heavy atom. The molecule has 100 valence electrons. The molecule has 0 aliphatic heterocycles. The summed E-state index contributed by atoms with van der Waals surface area (Å²) in [5.41, 5.74) is -2.08. The average molecular weight is 252 g/mol. The number of hydrogen-bond acceptors (Lipinski definition) is 8. The van der Waals surface area contributed by atoms with Gasteiger partial charge in [-0.15, -0.1) is 0 Å². The van der Waals surface area contributed by atoms with Crippen LogP contribution >= 0.6 is 0 Å². The van der Waals surface area contributed by atoms with Crippen molar-refractivity contribution in [3.8, 4) is 0 Å². The third-order valence-corrected chi connectivity index (χ3v) is 1.81. The molecule has 0 bridgehead atoms. The molecule has 0 heterocycles. The van der Waals surface area contributed by atoms with Crippen LogP contribution in [0.15, 0.2) is 10.6 Å². The van der Waals surface area contributed by atoms with Crippen molar-refractivity contribution in [2.75, 3.05) is 34.0 Å². The molecule has 10 heteroatoms. The second-order valence-corrected chi connectivity index (χ2v) is 2.85.